The number of carbonyl (C=O) groups excluding carboxylic acids is 1. The fraction of sp³-hybridized carbons (Fsp3) is 0.273. The van der Waals surface area contributed by atoms with Gasteiger partial charge in [0.05, 0.1) is 29.3 Å². The molecule has 11 heteroatoms. The number of amides is 1. The minimum absolute atomic E-state index is 0.113. The lowest BCUT2D eigenvalue weighted by Gasteiger charge is -2.16. The first-order valence-electron chi connectivity index (χ1n) is 10.4. The number of rotatable bonds is 6. The number of nitrogens with one attached hydrogen (secondary N) is 1. The summed E-state index contributed by atoms with van der Waals surface area (Å²) in [5.74, 6) is 0.167. The molecule has 1 atom stereocenters. The highest BCUT2D eigenvalue weighted by molar-refractivity contribution is 5.87. The highest BCUT2D eigenvalue weighted by atomic mass is 16.5. The maximum absolute atomic E-state index is 12.3. The Hall–Kier alpha value is -4.12. The maximum Gasteiger partial charge on any atom is 0.262 e. The van der Waals surface area contributed by atoms with Crippen molar-refractivity contribution in [1.82, 2.24) is 34.8 Å². The second-order valence-corrected chi connectivity index (χ2v) is 7.92. The van der Waals surface area contributed by atoms with Crippen LogP contribution in [0.3, 0.4) is 0 Å². The topological polar surface area (TPSA) is 135 Å². The van der Waals surface area contributed by atoms with Gasteiger partial charge in [-0.15, -0.1) is 0 Å². The van der Waals surface area contributed by atoms with Crippen molar-refractivity contribution in [3.63, 3.8) is 0 Å². The largest absolute Gasteiger partial charge is 0.373 e. The number of pyridine rings is 1. The molecule has 1 saturated heterocycles. The normalized spacial score (nSPS) is 18.2. The van der Waals surface area contributed by atoms with Gasteiger partial charge in [-0.3, -0.25) is 9.48 Å². The van der Waals surface area contributed by atoms with E-state index in [1.807, 2.05) is 31.4 Å². The second-order valence-electron chi connectivity index (χ2n) is 7.92. The molecule has 1 aliphatic rings. The molecule has 4 aromatic rings. The van der Waals surface area contributed by atoms with Gasteiger partial charge in [0.1, 0.15) is 5.69 Å². The Labute approximate surface area is 189 Å². The third-order valence-electron chi connectivity index (χ3n) is 5.55. The highest BCUT2D eigenvalue weighted by Crippen LogP contribution is 2.34. The Kier molecular flexibility index (Phi) is 5.09. The van der Waals surface area contributed by atoms with Crippen molar-refractivity contribution in [3.8, 4) is 22.8 Å². The Bertz CT molecular complexity index is 1320. The summed E-state index contributed by atoms with van der Waals surface area (Å²) in [6.07, 6.45) is 3.78. The van der Waals surface area contributed by atoms with E-state index in [-0.39, 0.29) is 12.2 Å². The molecule has 33 heavy (non-hydrogen) atoms. The molecule has 0 aliphatic carbocycles. The van der Waals surface area contributed by atoms with Gasteiger partial charge >= 0.3 is 0 Å². The number of aromatic nitrogens is 6. The van der Waals surface area contributed by atoms with Crippen LogP contribution in [-0.2, 0) is 24.0 Å². The number of carbonyl (C=O) groups is 1. The van der Waals surface area contributed by atoms with Crippen LogP contribution in [0.15, 0.2) is 53.3 Å². The monoisotopic (exact) mass is 446 g/mol. The molecule has 1 amide bonds. The fourth-order valence-electron chi connectivity index (χ4n) is 3.71. The fourth-order valence-corrected chi connectivity index (χ4v) is 3.71. The minimum atomic E-state index is -1.70. The molecule has 0 bridgehead atoms. The van der Waals surface area contributed by atoms with Crippen LogP contribution in [0, 0.1) is 0 Å². The van der Waals surface area contributed by atoms with E-state index in [0.29, 0.717) is 41.8 Å². The first-order valence-corrected chi connectivity index (χ1v) is 10.4. The maximum atomic E-state index is 12.3. The third-order valence-corrected chi connectivity index (χ3v) is 5.55. The van der Waals surface area contributed by atoms with E-state index in [0.717, 1.165) is 5.69 Å². The van der Waals surface area contributed by atoms with Crippen LogP contribution < -0.4 is 5.32 Å². The zero-order valence-corrected chi connectivity index (χ0v) is 18.1. The van der Waals surface area contributed by atoms with Crippen LogP contribution in [0.5, 0.6) is 0 Å². The van der Waals surface area contributed by atoms with Crippen molar-refractivity contribution >= 4 is 11.9 Å². The van der Waals surface area contributed by atoms with Gasteiger partial charge in [0.25, 0.3) is 5.91 Å². The van der Waals surface area contributed by atoms with Crippen molar-refractivity contribution in [2.24, 2.45) is 7.05 Å². The molecule has 5 heterocycles. The van der Waals surface area contributed by atoms with Crippen LogP contribution in [-0.4, -0.2) is 59.4 Å². The molecule has 0 spiro atoms. The zero-order chi connectivity index (χ0) is 23.0. The van der Waals surface area contributed by atoms with Crippen molar-refractivity contribution in [1.29, 1.82) is 0 Å². The number of nitrogens with zero attached hydrogens (tertiary/aromatic N) is 7. The van der Waals surface area contributed by atoms with E-state index in [1.165, 1.54) is 4.90 Å². The van der Waals surface area contributed by atoms with E-state index < -0.39 is 11.5 Å². The average Bonchev–Trinajstić information content (AvgIpc) is 3.55. The SMILES string of the molecule is CN1CCC(O)(c2cc(-c3cccc(-c4ccnc(NCc5ccn(C)n5)n4)n3)no2)C1=O. The number of aryl methyl sites for hydroxylation is 1. The zero-order valence-electron chi connectivity index (χ0n) is 18.1. The van der Waals surface area contributed by atoms with E-state index in [4.69, 9.17) is 4.52 Å². The number of likely N-dealkylation sites (N-methyl/N-ethyl adjacent to an activating group) is 1. The van der Waals surface area contributed by atoms with E-state index in [2.05, 4.69) is 30.5 Å². The Morgan fingerprint density at radius 3 is 2.64 bits per heavy atom. The van der Waals surface area contributed by atoms with Crippen LogP contribution in [0.1, 0.15) is 17.9 Å². The first kappa shape index (κ1) is 20.8. The molecule has 4 aromatic heterocycles. The molecule has 0 saturated carbocycles. The van der Waals surface area contributed by atoms with Gasteiger partial charge in [0.15, 0.2) is 5.76 Å². The molecule has 0 aromatic carbocycles. The standard InChI is InChI=1S/C22H22N8O3/c1-29-11-8-22(32,20(29)31)19-12-18(28-33-19)16-5-3-4-15(25-16)17-6-9-23-21(26-17)24-13-14-7-10-30(2)27-14/h3-7,9-10,12,32H,8,11,13H2,1-2H3,(H,23,24,26). The number of likely N-dealkylation sites (tertiary alicyclic amines) is 1. The summed E-state index contributed by atoms with van der Waals surface area (Å²) in [6, 6.07) is 10.7. The van der Waals surface area contributed by atoms with Crippen molar-refractivity contribution in [2.75, 3.05) is 18.9 Å². The quantitative estimate of drug-likeness (QED) is 0.452. The molecule has 11 nitrogen and oxygen atoms in total. The summed E-state index contributed by atoms with van der Waals surface area (Å²) in [4.78, 5) is 27.2. The number of hydrogen-bond acceptors (Lipinski definition) is 9. The molecule has 0 radical (unpaired) electrons. The lowest BCUT2D eigenvalue weighted by atomic mass is 9.98. The van der Waals surface area contributed by atoms with Gasteiger partial charge in [-0.1, -0.05) is 11.2 Å². The number of aliphatic hydroxyl groups is 1. The molecule has 168 valence electrons. The molecular formula is C22H22N8O3. The van der Waals surface area contributed by atoms with Crippen LogP contribution in [0.4, 0.5) is 5.95 Å². The lowest BCUT2D eigenvalue weighted by Crippen LogP contribution is -2.35. The number of anilines is 1. The smallest absolute Gasteiger partial charge is 0.262 e. The molecule has 1 unspecified atom stereocenters. The lowest BCUT2D eigenvalue weighted by molar-refractivity contribution is -0.144. The predicted octanol–water partition coefficient (Wildman–Crippen LogP) is 1.59. The van der Waals surface area contributed by atoms with Gasteiger partial charge in [0.2, 0.25) is 11.5 Å². The molecular weight excluding hydrogens is 424 g/mol. The molecule has 2 N–H and O–H groups in total. The summed E-state index contributed by atoms with van der Waals surface area (Å²) in [7, 11) is 3.51. The molecule has 1 aliphatic heterocycles. The van der Waals surface area contributed by atoms with E-state index >= 15 is 0 Å². The van der Waals surface area contributed by atoms with Crippen LogP contribution in [0.2, 0.25) is 0 Å². The van der Waals surface area contributed by atoms with Crippen molar-refractivity contribution < 1.29 is 14.4 Å². The van der Waals surface area contributed by atoms with Crippen molar-refractivity contribution in [2.45, 2.75) is 18.6 Å². The Balaban J connectivity index is 1.37. The molecule has 1 fully saturated rings. The Morgan fingerprint density at radius 2 is 1.91 bits per heavy atom. The second kappa shape index (κ2) is 8.10. The summed E-state index contributed by atoms with van der Waals surface area (Å²) in [5, 5.41) is 22.3. The Morgan fingerprint density at radius 1 is 1.12 bits per heavy atom. The summed E-state index contributed by atoms with van der Waals surface area (Å²) in [6.45, 7) is 0.944. The third kappa shape index (κ3) is 3.94. The van der Waals surface area contributed by atoms with Crippen molar-refractivity contribution in [3.05, 3.63) is 60.2 Å². The van der Waals surface area contributed by atoms with Crippen LogP contribution in [0.25, 0.3) is 22.8 Å². The van der Waals surface area contributed by atoms with E-state index in [9.17, 15) is 9.90 Å². The summed E-state index contributed by atoms with van der Waals surface area (Å²) < 4.78 is 7.07. The first-order chi connectivity index (χ1) is 15.9. The van der Waals surface area contributed by atoms with Gasteiger partial charge < -0.3 is 19.8 Å². The average molecular weight is 446 g/mol. The van der Waals surface area contributed by atoms with E-state index in [1.54, 1.807) is 36.1 Å². The van der Waals surface area contributed by atoms with Gasteiger partial charge in [-0.2, -0.15) is 5.10 Å². The minimum Gasteiger partial charge on any atom is -0.373 e. The van der Waals surface area contributed by atoms with Gasteiger partial charge in [-0.05, 0) is 24.3 Å². The number of hydrogen-bond donors (Lipinski definition) is 2. The molecule has 5 rings (SSSR count). The van der Waals surface area contributed by atoms with Gasteiger partial charge in [-0.25, -0.2) is 15.0 Å². The highest BCUT2D eigenvalue weighted by Gasteiger charge is 2.48. The van der Waals surface area contributed by atoms with Gasteiger partial charge in [0, 0.05) is 45.5 Å². The van der Waals surface area contributed by atoms with Crippen LogP contribution >= 0.6 is 0 Å². The predicted molar refractivity (Wildman–Crippen MR) is 117 cm³/mol. The summed E-state index contributed by atoms with van der Waals surface area (Å²) in [5.41, 5.74) is 1.39. The summed E-state index contributed by atoms with van der Waals surface area (Å²) >= 11 is 0.